The zero-order valence-corrected chi connectivity index (χ0v) is 9.04. The molecule has 1 atom stereocenters. The van der Waals surface area contributed by atoms with Gasteiger partial charge in [-0.1, -0.05) is 0 Å². The van der Waals surface area contributed by atoms with E-state index in [1.807, 2.05) is 0 Å². The van der Waals surface area contributed by atoms with Crippen molar-refractivity contribution in [2.45, 2.75) is 6.10 Å². The molecule has 0 N–H and O–H groups in total. The van der Waals surface area contributed by atoms with Crippen LogP contribution in [0.3, 0.4) is 0 Å². The number of pyridine rings is 1. The van der Waals surface area contributed by atoms with Gasteiger partial charge in [-0.25, -0.2) is 0 Å². The first kappa shape index (κ1) is 10.2. The number of aromatic nitrogens is 3. The van der Waals surface area contributed by atoms with E-state index in [2.05, 4.69) is 16.3 Å². The molecule has 1 unspecified atom stereocenters. The molecule has 0 aromatic carbocycles. The first-order chi connectivity index (χ1) is 8.38. The Labute approximate surface area is 97.4 Å². The summed E-state index contributed by atoms with van der Waals surface area (Å²) in [6.45, 7) is 1.63. The van der Waals surface area contributed by atoms with Crippen LogP contribution in [0.15, 0.2) is 18.3 Å². The number of nitrogens with zero attached hydrogens (tertiary/aromatic N) is 4. The molecule has 86 valence electrons. The standard InChI is InChI=1S/C11H10N4O2/c12-5-8-1-2-10-13-14-11(15(10)6-8)9-7-16-3-4-17-9/h1-2,6,9H,3-4,7H2. The van der Waals surface area contributed by atoms with Crippen molar-refractivity contribution in [2.75, 3.05) is 19.8 Å². The van der Waals surface area contributed by atoms with Crippen molar-refractivity contribution in [1.82, 2.24) is 14.6 Å². The van der Waals surface area contributed by atoms with E-state index >= 15 is 0 Å². The largest absolute Gasteiger partial charge is 0.376 e. The fourth-order valence-corrected chi connectivity index (χ4v) is 1.83. The average Bonchev–Trinajstić information content (AvgIpc) is 2.82. The van der Waals surface area contributed by atoms with Crippen molar-refractivity contribution in [3.63, 3.8) is 0 Å². The van der Waals surface area contributed by atoms with E-state index in [1.54, 1.807) is 22.7 Å². The fraction of sp³-hybridized carbons (Fsp3) is 0.364. The van der Waals surface area contributed by atoms with Crippen LogP contribution in [0.4, 0.5) is 0 Å². The first-order valence-electron chi connectivity index (χ1n) is 5.32. The molecule has 3 heterocycles. The predicted molar refractivity (Wildman–Crippen MR) is 57.2 cm³/mol. The van der Waals surface area contributed by atoms with Gasteiger partial charge in [-0.2, -0.15) is 5.26 Å². The maximum atomic E-state index is 8.88. The molecule has 1 fully saturated rings. The summed E-state index contributed by atoms with van der Waals surface area (Å²) in [5, 5.41) is 17.0. The van der Waals surface area contributed by atoms with Gasteiger partial charge >= 0.3 is 0 Å². The van der Waals surface area contributed by atoms with Crippen molar-refractivity contribution in [3.05, 3.63) is 29.7 Å². The zero-order valence-electron chi connectivity index (χ0n) is 9.04. The van der Waals surface area contributed by atoms with Gasteiger partial charge in [-0.15, -0.1) is 10.2 Å². The molecule has 2 aromatic rings. The molecule has 0 aliphatic carbocycles. The maximum Gasteiger partial charge on any atom is 0.169 e. The monoisotopic (exact) mass is 230 g/mol. The molecule has 0 spiro atoms. The Morgan fingerprint density at radius 3 is 3.06 bits per heavy atom. The number of fused-ring (bicyclic) bond motifs is 1. The van der Waals surface area contributed by atoms with Gasteiger partial charge < -0.3 is 9.47 Å². The van der Waals surface area contributed by atoms with E-state index in [9.17, 15) is 0 Å². The van der Waals surface area contributed by atoms with Gasteiger partial charge in [0.15, 0.2) is 11.5 Å². The molecule has 1 aliphatic rings. The van der Waals surface area contributed by atoms with Gasteiger partial charge in [0.1, 0.15) is 12.2 Å². The summed E-state index contributed by atoms with van der Waals surface area (Å²) in [6, 6.07) is 5.57. The van der Waals surface area contributed by atoms with E-state index in [0.29, 0.717) is 36.9 Å². The highest BCUT2D eigenvalue weighted by Gasteiger charge is 2.22. The average molecular weight is 230 g/mol. The Hall–Kier alpha value is -1.97. The zero-order chi connectivity index (χ0) is 11.7. The highest BCUT2D eigenvalue weighted by Crippen LogP contribution is 2.20. The Bertz CT molecular complexity index is 581. The number of hydrogen-bond acceptors (Lipinski definition) is 5. The van der Waals surface area contributed by atoms with Gasteiger partial charge in [0.25, 0.3) is 0 Å². The third kappa shape index (κ3) is 1.75. The molecular formula is C11H10N4O2. The summed E-state index contributed by atoms with van der Waals surface area (Å²) in [5.41, 5.74) is 1.27. The molecule has 1 saturated heterocycles. The second-order valence-corrected chi connectivity index (χ2v) is 3.75. The van der Waals surface area contributed by atoms with E-state index in [0.717, 1.165) is 0 Å². The van der Waals surface area contributed by atoms with Gasteiger partial charge in [-0.05, 0) is 12.1 Å². The van der Waals surface area contributed by atoms with Crippen molar-refractivity contribution >= 4 is 5.65 Å². The van der Waals surface area contributed by atoms with Crippen LogP contribution in [0.1, 0.15) is 17.5 Å². The van der Waals surface area contributed by atoms with E-state index in [1.165, 1.54) is 0 Å². The SMILES string of the molecule is N#Cc1ccc2nnc(C3COCCO3)n2c1. The first-order valence-corrected chi connectivity index (χ1v) is 5.32. The third-order valence-corrected chi connectivity index (χ3v) is 2.66. The lowest BCUT2D eigenvalue weighted by molar-refractivity contribution is -0.0938. The normalized spacial score (nSPS) is 20.3. The lowest BCUT2D eigenvalue weighted by atomic mass is 10.3. The van der Waals surface area contributed by atoms with Crippen LogP contribution in [-0.2, 0) is 9.47 Å². The van der Waals surface area contributed by atoms with Crippen LogP contribution < -0.4 is 0 Å². The third-order valence-electron chi connectivity index (χ3n) is 2.66. The minimum atomic E-state index is -0.215. The van der Waals surface area contributed by atoms with Crippen LogP contribution in [0, 0.1) is 11.3 Å². The molecule has 0 saturated carbocycles. The second kappa shape index (κ2) is 4.13. The van der Waals surface area contributed by atoms with E-state index < -0.39 is 0 Å². The Morgan fingerprint density at radius 1 is 1.35 bits per heavy atom. The number of hydrogen-bond donors (Lipinski definition) is 0. The minimum absolute atomic E-state index is 0.215. The van der Waals surface area contributed by atoms with Crippen LogP contribution in [-0.4, -0.2) is 34.4 Å². The van der Waals surface area contributed by atoms with Gasteiger partial charge in [0, 0.05) is 6.20 Å². The summed E-state index contributed by atoms with van der Waals surface area (Å²) in [4.78, 5) is 0. The van der Waals surface area contributed by atoms with E-state index in [4.69, 9.17) is 14.7 Å². The maximum absolute atomic E-state index is 8.88. The molecule has 6 nitrogen and oxygen atoms in total. The van der Waals surface area contributed by atoms with Gasteiger partial charge in [0.2, 0.25) is 0 Å². The van der Waals surface area contributed by atoms with Crippen molar-refractivity contribution in [3.8, 4) is 6.07 Å². The minimum Gasteiger partial charge on any atom is -0.376 e. The number of ether oxygens (including phenoxy) is 2. The topological polar surface area (TPSA) is 72.4 Å². The molecule has 0 bridgehead atoms. The fourth-order valence-electron chi connectivity index (χ4n) is 1.83. The molecule has 2 aromatic heterocycles. The van der Waals surface area contributed by atoms with Crippen LogP contribution >= 0.6 is 0 Å². The summed E-state index contributed by atoms with van der Waals surface area (Å²) in [5.74, 6) is 0.678. The summed E-state index contributed by atoms with van der Waals surface area (Å²) in [7, 11) is 0. The lowest BCUT2D eigenvalue weighted by Crippen LogP contribution is -2.23. The quantitative estimate of drug-likeness (QED) is 0.720. The van der Waals surface area contributed by atoms with Crippen LogP contribution in [0.2, 0.25) is 0 Å². The molecular weight excluding hydrogens is 220 g/mol. The number of nitriles is 1. The van der Waals surface area contributed by atoms with Crippen LogP contribution in [0.25, 0.3) is 5.65 Å². The van der Waals surface area contributed by atoms with E-state index in [-0.39, 0.29) is 6.10 Å². The van der Waals surface area contributed by atoms with Crippen LogP contribution in [0.5, 0.6) is 0 Å². The van der Waals surface area contributed by atoms with Crippen molar-refractivity contribution < 1.29 is 9.47 Å². The van der Waals surface area contributed by atoms with Crippen molar-refractivity contribution in [1.29, 1.82) is 5.26 Å². The Kier molecular flexibility index (Phi) is 2.48. The lowest BCUT2D eigenvalue weighted by Gasteiger charge is -2.21. The Morgan fingerprint density at radius 2 is 2.29 bits per heavy atom. The Balaban J connectivity index is 2.06. The second-order valence-electron chi connectivity index (χ2n) is 3.75. The van der Waals surface area contributed by atoms with Gasteiger partial charge in [0.05, 0.1) is 25.4 Å². The molecule has 6 heteroatoms. The summed E-state index contributed by atoms with van der Waals surface area (Å²) < 4.78 is 12.7. The molecule has 17 heavy (non-hydrogen) atoms. The predicted octanol–water partition coefficient (Wildman–Crippen LogP) is 0.689. The van der Waals surface area contributed by atoms with Crippen molar-refractivity contribution in [2.24, 2.45) is 0 Å². The summed E-state index contributed by atoms with van der Waals surface area (Å²) >= 11 is 0. The molecule has 0 amide bonds. The molecule has 1 aliphatic heterocycles. The molecule has 3 rings (SSSR count). The number of rotatable bonds is 1. The summed E-state index contributed by atoms with van der Waals surface area (Å²) in [6.07, 6.45) is 1.50. The van der Waals surface area contributed by atoms with Gasteiger partial charge in [-0.3, -0.25) is 4.40 Å². The highest BCUT2D eigenvalue weighted by molar-refractivity contribution is 5.42. The smallest absolute Gasteiger partial charge is 0.169 e. The highest BCUT2D eigenvalue weighted by atomic mass is 16.6. The molecule has 0 radical (unpaired) electrons.